The molecule has 3 rings (SSSR count). The lowest BCUT2D eigenvalue weighted by Gasteiger charge is -2.42. The molecule has 3 fully saturated rings. The third-order valence-corrected chi connectivity index (χ3v) is 9.18. The summed E-state index contributed by atoms with van der Waals surface area (Å²) in [6, 6.07) is -2.16. The molecule has 15 heteroatoms. The fourth-order valence-electron chi connectivity index (χ4n) is 6.36. The van der Waals surface area contributed by atoms with Gasteiger partial charge in [-0.2, -0.15) is 0 Å². The molecule has 6 N–H and O–H groups in total. The number of aliphatic hydroxyl groups is 3. The van der Waals surface area contributed by atoms with E-state index in [4.69, 9.17) is 18.9 Å². The maximum absolute atomic E-state index is 13.0. The highest BCUT2D eigenvalue weighted by Gasteiger charge is 2.45. The molecular weight excluding hydrogens is 630 g/mol. The minimum atomic E-state index is -1.46. The molecule has 1 heterocycles. The monoisotopic (exact) mass is 685 g/mol. The zero-order valence-corrected chi connectivity index (χ0v) is 28.1. The van der Waals surface area contributed by atoms with Crippen LogP contribution < -0.4 is 16.0 Å². The summed E-state index contributed by atoms with van der Waals surface area (Å²) in [4.78, 5) is 62.2. The van der Waals surface area contributed by atoms with Gasteiger partial charge in [0.05, 0.1) is 26.4 Å². The summed E-state index contributed by atoms with van der Waals surface area (Å²) in [5.41, 5.74) is 0. The van der Waals surface area contributed by atoms with Gasteiger partial charge < -0.3 is 50.2 Å². The van der Waals surface area contributed by atoms with E-state index < -0.39 is 73.0 Å². The molecule has 0 bridgehead atoms. The summed E-state index contributed by atoms with van der Waals surface area (Å²) in [5.74, 6) is -1.91. The van der Waals surface area contributed by atoms with Crippen LogP contribution in [0.5, 0.6) is 0 Å². The van der Waals surface area contributed by atoms with Gasteiger partial charge in [-0.15, -0.1) is 0 Å². The molecule has 2 saturated carbocycles. The molecule has 0 unspecified atom stereocenters. The highest BCUT2D eigenvalue weighted by atomic mass is 16.7. The second-order valence-corrected chi connectivity index (χ2v) is 13.1. The van der Waals surface area contributed by atoms with Gasteiger partial charge in [0, 0.05) is 32.7 Å². The van der Waals surface area contributed by atoms with Gasteiger partial charge in [0.2, 0.25) is 17.7 Å². The predicted octanol–water partition coefficient (Wildman–Crippen LogP) is 0.355. The van der Waals surface area contributed by atoms with Crippen molar-refractivity contribution in [2.24, 2.45) is 11.8 Å². The molecular formula is C33H55N3O12. The predicted molar refractivity (Wildman–Crippen MR) is 170 cm³/mol. The molecule has 0 aromatic heterocycles. The van der Waals surface area contributed by atoms with E-state index in [1.54, 1.807) is 0 Å². The number of amides is 3. The van der Waals surface area contributed by atoms with Gasteiger partial charge in [-0.25, -0.2) is 4.79 Å². The Hall–Kier alpha value is -2.85. The highest BCUT2D eigenvalue weighted by Crippen LogP contribution is 2.25. The summed E-state index contributed by atoms with van der Waals surface area (Å²) in [7, 11) is 0. The number of carbonyl (C=O) groups is 5. The number of aliphatic hydroxyl groups excluding tert-OH is 3. The first-order chi connectivity index (χ1) is 23.1. The number of rotatable bonds is 18. The molecule has 3 aliphatic rings. The minimum Gasteiger partial charge on any atom is -0.465 e. The molecule has 274 valence electrons. The van der Waals surface area contributed by atoms with Crippen LogP contribution in [0.4, 0.5) is 0 Å². The van der Waals surface area contributed by atoms with E-state index in [9.17, 15) is 39.3 Å². The van der Waals surface area contributed by atoms with Crippen molar-refractivity contribution in [1.82, 2.24) is 16.0 Å². The number of carbonyl (C=O) groups excluding carboxylic acids is 5. The number of hydrogen-bond donors (Lipinski definition) is 6. The average Bonchev–Trinajstić information content (AvgIpc) is 3.09. The van der Waals surface area contributed by atoms with Crippen molar-refractivity contribution in [3.63, 3.8) is 0 Å². The van der Waals surface area contributed by atoms with Crippen LogP contribution in [0.1, 0.15) is 96.8 Å². The van der Waals surface area contributed by atoms with Crippen LogP contribution in [-0.4, -0.2) is 115 Å². The van der Waals surface area contributed by atoms with Crippen LogP contribution in [-0.2, 0) is 42.9 Å². The third kappa shape index (κ3) is 13.9. The third-order valence-electron chi connectivity index (χ3n) is 9.18. The summed E-state index contributed by atoms with van der Waals surface area (Å²) in [6.45, 7) is 1.15. The molecule has 48 heavy (non-hydrogen) atoms. The second-order valence-electron chi connectivity index (χ2n) is 13.1. The zero-order valence-electron chi connectivity index (χ0n) is 28.1. The molecule has 0 radical (unpaired) electrons. The Labute approximate surface area is 282 Å². The van der Waals surface area contributed by atoms with E-state index in [1.165, 1.54) is 19.8 Å². The SMILES string of the molecule is CC(=O)N[C@H]1[C@H](OCCNC(=O)CCC(=O)N[C@@H](CCC(=O)OCC2CCCCC2)C(=O)OCC2CCCCC2)O[C@H](CO)[C@H](O)[C@@H]1O. The van der Waals surface area contributed by atoms with Crippen LogP contribution in [0.3, 0.4) is 0 Å². The Morgan fingerprint density at radius 3 is 2.02 bits per heavy atom. The van der Waals surface area contributed by atoms with Crippen LogP contribution >= 0.6 is 0 Å². The molecule has 6 atom stereocenters. The second kappa shape index (κ2) is 21.3. The average molecular weight is 686 g/mol. The fraction of sp³-hybridized carbons (Fsp3) is 0.848. The molecule has 15 nitrogen and oxygen atoms in total. The Morgan fingerprint density at radius 1 is 0.812 bits per heavy atom. The largest absolute Gasteiger partial charge is 0.465 e. The van der Waals surface area contributed by atoms with Gasteiger partial charge >= 0.3 is 11.9 Å². The van der Waals surface area contributed by atoms with E-state index in [1.807, 2.05) is 0 Å². The van der Waals surface area contributed by atoms with E-state index in [-0.39, 0.29) is 51.4 Å². The lowest BCUT2D eigenvalue weighted by molar-refractivity contribution is -0.269. The number of ether oxygens (including phenoxy) is 4. The zero-order chi connectivity index (χ0) is 34.9. The molecule has 0 aromatic rings. The van der Waals surface area contributed by atoms with E-state index in [0.717, 1.165) is 51.4 Å². The van der Waals surface area contributed by atoms with Crippen molar-refractivity contribution in [2.45, 2.75) is 134 Å². The first-order valence-electron chi connectivity index (χ1n) is 17.5. The lowest BCUT2D eigenvalue weighted by Crippen LogP contribution is -2.64. The summed E-state index contributed by atoms with van der Waals surface area (Å²) < 4.78 is 22.0. The number of hydrogen-bond acceptors (Lipinski definition) is 12. The molecule has 1 aliphatic heterocycles. The van der Waals surface area contributed by atoms with E-state index >= 15 is 0 Å². The topological polar surface area (TPSA) is 219 Å². The van der Waals surface area contributed by atoms with Gasteiger partial charge in [0.15, 0.2) is 6.29 Å². The van der Waals surface area contributed by atoms with Crippen molar-refractivity contribution >= 4 is 29.7 Å². The minimum absolute atomic E-state index is 0.00533. The maximum Gasteiger partial charge on any atom is 0.328 e. The van der Waals surface area contributed by atoms with Crippen molar-refractivity contribution in [3.05, 3.63) is 0 Å². The summed E-state index contributed by atoms with van der Waals surface area (Å²) >= 11 is 0. The Balaban J connectivity index is 1.42. The summed E-state index contributed by atoms with van der Waals surface area (Å²) in [6.07, 6.45) is 5.16. The van der Waals surface area contributed by atoms with Gasteiger partial charge in [0.1, 0.15) is 30.4 Å². The standard InChI is InChI=1S/C33H55N3O12/c1-21(38)35-29-31(43)30(42)25(18-37)48-33(29)45-17-16-34-26(39)13-14-27(40)36-24(32(44)47-20-23-10-6-3-7-11-23)12-15-28(41)46-19-22-8-4-2-5-9-22/h22-25,29-31,33,37,42-43H,2-20H2,1H3,(H,34,39)(H,35,38)(H,36,40)/t24-,25+,29+,30-,31+,33+/m0/s1. The van der Waals surface area contributed by atoms with Gasteiger partial charge in [0.25, 0.3) is 0 Å². The van der Waals surface area contributed by atoms with Crippen molar-refractivity contribution in [1.29, 1.82) is 0 Å². The fourth-order valence-corrected chi connectivity index (χ4v) is 6.36. The van der Waals surface area contributed by atoms with Crippen molar-refractivity contribution < 1.29 is 58.2 Å². The molecule has 1 saturated heterocycles. The first kappa shape index (κ1) is 39.6. The molecule has 3 amide bonds. The number of esters is 2. The Bertz CT molecular complexity index is 1030. The Morgan fingerprint density at radius 2 is 1.42 bits per heavy atom. The van der Waals surface area contributed by atoms with Crippen molar-refractivity contribution in [3.8, 4) is 0 Å². The normalized spacial score (nSPS) is 25.8. The summed E-state index contributed by atoms with van der Waals surface area (Å²) in [5, 5.41) is 37.5. The van der Waals surface area contributed by atoms with Crippen molar-refractivity contribution in [2.75, 3.05) is 33.0 Å². The van der Waals surface area contributed by atoms with Crippen LogP contribution in [0.15, 0.2) is 0 Å². The van der Waals surface area contributed by atoms with Crippen LogP contribution in [0.25, 0.3) is 0 Å². The molecule has 0 aromatic carbocycles. The highest BCUT2D eigenvalue weighted by molar-refractivity contribution is 5.87. The van der Waals surface area contributed by atoms with Gasteiger partial charge in [-0.1, -0.05) is 38.5 Å². The number of nitrogens with one attached hydrogen (secondary N) is 3. The first-order valence-corrected chi connectivity index (χ1v) is 17.5. The van der Waals surface area contributed by atoms with Gasteiger partial charge in [-0.05, 0) is 43.9 Å². The molecule has 0 spiro atoms. The van der Waals surface area contributed by atoms with Gasteiger partial charge in [-0.3, -0.25) is 19.2 Å². The lowest BCUT2D eigenvalue weighted by atomic mass is 9.90. The van der Waals surface area contributed by atoms with E-state index in [0.29, 0.717) is 12.5 Å². The van der Waals surface area contributed by atoms with Crippen LogP contribution in [0, 0.1) is 11.8 Å². The maximum atomic E-state index is 13.0. The molecule has 2 aliphatic carbocycles. The smallest absolute Gasteiger partial charge is 0.328 e. The van der Waals surface area contributed by atoms with Crippen LogP contribution in [0.2, 0.25) is 0 Å². The quantitative estimate of drug-likeness (QED) is 0.0851. The Kier molecular flexibility index (Phi) is 17.6. The van der Waals surface area contributed by atoms with E-state index in [2.05, 4.69) is 16.0 Å².